The highest BCUT2D eigenvalue weighted by atomic mass is 35.5. The van der Waals surface area contributed by atoms with Gasteiger partial charge in [-0.05, 0) is 55.5 Å². The third-order valence-corrected chi connectivity index (χ3v) is 5.87. The van der Waals surface area contributed by atoms with Crippen LogP contribution in [0.3, 0.4) is 0 Å². The first kappa shape index (κ1) is 23.6. The minimum absolute atomic E-state index is 0.0777. The molecule has 1 unspecified atom stereocenters. The fourth-order valence-corrected chi connectivity index (χ4v) is 4.08. The summed E-state index contributed by atoms with van der Waals surface area (Å²) in [6.07, 6.45) is -0.0777. The number of esters is 1. The number of anilines is 1. The van der Waals surface area contributed by atoms with E-state index < -0.39 is 11.2 Å². The number of nitrogens with zero attached hydrogens (tertiary/aromatic N) is 2. The van der Waals surface area contributed by atoms with Crippen LogP contribution in [0.4, 0.5) is 11.4 Å². The second kappa shape index (κ2) is 11.0. The van der Waals surface area contributed by atoms with Crippen LogP contribution in [0, 0.1) is 0 Å². The van der Waals surface area contributed by atoms with E-state index in [1.165, 1.54) is 4.90 Å². The maximum atomic E-state index is 12.8. The number of halogens is 1. The van der Waals surface area contributed by atoms with Crippen LogP contribution in [0.2, 0.25) is 5.02 Å². The number of amidine groups is 1. The van der Waals surface area contributed by atoms with Gasteiger partial charge in [-0.15, -0.1) is 0 Å². The number of thioether (sulfide) groups is 1. The Hall–Kier alpha value is -3.04. The molecule has 0 bridgehead atoms. The minimum atomic E-state index is -0.714. The van der Waals surface area contributed by atoms with Crippen LogP contribution < -0.4 is 10.1 Å². The van der Waals surface area contributed by atoms with Gasteiger partial charge in [0.1, 0.15) is 17.5 Å². The van der Waals surface area contributed by atoms with E-state index in [1.807, 2.05) is 0 Å². The average Bonchev–Trinajstić information content (AvgIpc) is 2.78. The Bertz CT molecular complexity index is 1010. The zero-order valence-electron chi connectivity index (χ0n) is 17.5. The van der Waals surface area contributed by atoms with Crippen molar-refractivity contribution in [2.45, 2.75) is 18.6 Å². The number of nitrogens with one attached hydrogen (secondary N) is 1. The molecule has 1 saturated heterocycles. The lowest BCUT2D eigenvalue weighted by molar-refractivity contribution is -0.146. The molecule has 8 nitrogen and oxygen atoms in total. The Morgan fingerprint density at radius 2 is 1.88 bits per heavy atom. The van der Waals surface area contributed by atoms with Crippen molar-refractivity contribution < 1.29 is 23.9 Å². The molecule has 168 valence electrons. The lowest BCUT2D eigenvalue weighted by atomic mass is 10.2. The lowest BCUT2D eigenvalue weighted by Gasteiger charge is -2.31. The summed E-state index contributed by atoms with van der Waals surface area (Å²) < 4.78 is 10.1. The molecule has 1 heterocycles. The van der Waals surface area contributed by atoms with Crippen LogP contribution in [0.15, 0.2) is 53.5 Å². The highest BCUT2D eigenvalue weighted by Crippen LogP contribution is 2.30. The number of benzene rings is 2. The first-order valence-electron chi connectivity index (χ1n) is 9.81. The number of aliphatic imine (C=N–C) groups is 1. The summed E-state index contributed by atoms with van der Waals surface area (Å²) in [4.78, 5) is 43.4. The Labute approximate surface area is 194 Å². The van der Waals surface area contributed by atoms with Crippen LogP contribution in [0.5, 0.6) is 5.75 Å². The quantitative estimate of drug-likeness (QED) is 0.610. The molecule has 2 amide bonds. The van der Waals surface area contributed by atoms with E-state index in [9.17, 15) is 14.4 Å². The van der Waals surface area contributed by atoms with Crippen molar-refractivity contribution >= 4 is 57.7 Å². The number of hydrogen-bond acceptors (Lipinski definition) is 7. The van der Waals surface area contributed by atoms with E-state index in [0.29, 0.717) is 22.1 Å². The predicted molar refractivity (Wildman–Crippen MR) is 125 cm³/mol. The van der Waals surface area contributed by atoms with Gasteiger partial charge in [-0.3, -0.25) is 19.3 Å². The van der Waals surface area contributed by atoms with E-state index in [0.717, 1.165) is 11.8 Å². The van der Waals surface area contributed by atoms with Crippen molar-refractivity contribution in [1.82, 2.24) is 4.90 Å². The fraction of sp³-hybridized carbons (Fsp3) is 0.273. The van der Waals surface area contributed by atoms with Crippen molar-refractivity contribution in [2.75, 3.05) is 25.6 Å². The first-order valence-corrected chi connectivity index (χ1v) is 11.1. The normalized spacial score (nSPS) is 17.2. The summed E-state index contributed by atoms with van der Waals surface area (Å²) in [6, 6.07) is 13.6. The van der Waals surface area contributed by atoms with Gasteiger partial charge in [0.2, 0.25) is 11.8 Å². The monoisotopic (exact) mass is 475 g/mol. The average molecular weight is 476 g/mol. The number of ether oxygens (including phenoxy) is 2. The lowest BCUT2D eigenvalue weighted by Crippen LogP contribution is -2.47. The number of amides is 2. The number of methoxy groups -OCH3 is 1. The molecule has 10 heteroatoms. The molecule has 0 aliphatic carbocycles. The van der Waals surface area contributed by atoms with Gasteiger partial charge >= 0.3 is 5.97 Å². The molecule has 1 N–H and O–H groups in total. The van der Waals surface area contributed by atoms with E-state index >= 15 is 0 Å². The van der Waals surface area contributed by atoms with Crippen molar-refractivity contribution in [3.05, 3.63) is 53.6 Å². The van der Waals surface area contributed by atoms with Gasteiger partial charge in [-0.1, -0.05) is 23.4 Å². The summed E-state index contributed by atoms with van der Waals surface area (Å²) >= 11 is 7.05. The van der Waals surface area contributed by atoms with Crippen molar-refractivity contribution in [2.24, 2.45) is 4.99 Å². The number of carbonyl (C=O) groups is 3. The molecule has 1 atom stereocenters. The van der Waals surface area contributed by atoms with E-state index in [4.69, 9.17) is 21.1 Å². The highest BCUT2D eigenvalue weighted by molar-refractivity contribution is 8.15. The van der Waals surface area contributed by atoms with Gasteiger partial charge in [-0.25, -0.2) is 4.99 Å². The molecule has 1 fully saturated rings. The zero-order chi connectivity index (χ0) is 23.1. The second-order valence-electron chi connectivity index (χ2n) is 6.68. The van der Waals surface area contributed by atoms with Crippen molar-refractivity contribution in [3.8, 4) is 5.75 Å². The maximum Gasteiger partial charge on any atom is 0.326 e. The van der Waals surface area contributed by atoms with Gasteiger partial charge in [0.15, 0.2) is 5.17 Å². The zero-order valence-corrected chi connectivity index (χ0v) is 19.1. The van der Waals surface area contributed by atoms with Crippen molar-refractivity contribution in [1.29, 1.82) is 0 Å². The predicted octanol–water partition coefficient (Wildman–Crippen LogP) is 3.87. The van der Waals surface area contributed by atoms with Crippen LogP contribution in [0.25, 0.3) is 0 Å². The molecule has 1 aliphatic heterocycles. The van der Waals surface area contributed by atoms with Gasteiger partial charge in [0, 0.05) is 17.1 Å². The number of hydrogen-bond donors (Lipinski definition) is 1. The van der Waals surface area contributed by atoms with Crippen LogP contribution in [-0.4, -0.2) is 53.4 Å². The number of carbonyl (C=O) groups excluding carboxylic acids is 3. The Morgan fingerprint density at radius 3 is 2.50 bits per heavy atom. The smallest absolute Gasteiger partial charge is 0.326 e. The topological polar surface area (TPSA) is 97.3 Å². The Morgan fingerprint density at radius 1 is 1.19 bits per heavy atom. The molecule has 0 saturated carbocycles. The van der Waals surface area contributed by atoms with Gasteiger partial charge in [-0.2, -0.15) is 0 Å². The van der Waals surface area contributed by atoms with E-state index in [2.05, 4.69) is 10.3 Å². The fourth-order valence-electron chi connectivity index (χ4n) is 2.86. The molecule has 3 rings (SSSR count). The summed E-state index contributed by atoms with van der Waals surface area (Å²) in [5, 5.41) is 2.87. The molecular formula is C22H22ClN3O5S. The SMILES string of the molecule is CCOC(=O)CN1C(=O)CC(C(=O)Nc2ccc(OC)cc2)SC1=Nc1ccc(Cl)cc1. The number of rotatable bonds is 7. The molecule has 0 aromatic heterocycles. The van der Waals surface area contributed by atoms with Gasteiger partial charge in [0.05, 0.1) is 19.4 Å². The third-order valence-electron chi connectivity index (χ3n) is 4.43. The molecule has 32 heavy (non-hydrogen) atoms. The van der Waals surface area contributed by atoms with E-state index in [-0.39, 0.29) is 36.6 Å². The minimum Gasteiger partial charge on any atom is -0.497 e. The van der Waals surface area contributed by atoms with Crippen LogP contribution >= 0.6 is 23.4 Å². The molecule has 2 aromatic carbocycles. The summed E-state index contributed by atoms with van der Waals surface area (Å²) in [5.74, 6) is -0.615. The Balaban J connectivity index is 1.81. The van der Waals surface area contributed by atoms with E-state index in [1.54, 1.807) is 62.6 Å². The Kier molecular flexibility index (Phi) is 8.13. The molecule has 2 aromatic rings. The van der Waals surface area contributed by atoms with Crippen LogP contribution in [-0.2, 0) is 19.1 Å². The van der Waals surface area contributed by atoms with Gasteiger partial charge < -0.3 is 14.8 Å². The second-order valence-corrected chi connectivity index (χ2v) is 8.29. The summed E-state index contributed by atoms with van der Waals surface area (Å²) in [7, 11) is 1.56. The standard InChI is InChI=1S/C22H22ClN3O5S/c1-3-31-20(28)13-26-19(27)12-18(21(29)24-15-8-10-17(30-2)11-9-15)32-22(26)25-16-6-4-14(23)5-7-16/h4-11,18H,3,12-13H2,1-2H3,(H,24,29). The molecule has 1 aliphatic rings. The molecule has 0 spiro atoms. The maximum absolute atomic E-state index is 12.8. The van der Waals surface area contributed by atoms with Crippen LogP contribution in [0.1, 0.15) is 13.3 Å². The highest BCUT2D eigenvalue weighted by Gasteiger charge is 2.37. The molecule has 0 radical (unpaired) electrons. The van der Waals surface area contributed by atoms with Crippen molar-refractivity contribution in [3.63, 3.8) is 0 Å². The largest absolute Gasteiger partial charge is 0.497 e. The summed E-state index contributed by atoms with van der Waals surface area (Å²) in [5.41, 5.74) is 1.11. The van der Waals surface area contributed by atoms with Gasteiger partial charge in [0.25, 0.3) is 0 Å². The summed E-state index contributed by atoms with van der Waals surface area (Å²) in [6.45, 7) is 1.61. The first-order chi connectivity index (χ1) is 15.4. The third kappa shape index (κ3) is 6.24. The molecular weight excluding hydrogens is 454 g/mol.